The van der Waals surface area contributed by atoms with E-state index in [-0.39, 0.29) is 22.9 Å². The number of hydrogen-bond donors (Lipinski definition) is 0. The lowest BCUT2D eigenvalue weighted by atomic mass is 10.3. The van der Waals surface area contributed by atoms with E-state index in [0.717, 1.165) is 10.6 Å². The Kier molecular flexibility index (Phi) is 5.63. The van der Waals surface area contributed by atoms with Crippen LogP contribution in [0.3, 0.4) is 0 Å². The average Bonchev–Trinajstić information content (AvgIpc) is 2.55. The zero-order valence-corrected chi connectivity index (χ0v) is 15.0. The summed E-state index contributed by atoms with van der Waals surface area (Å²) in [5, 5.41) is 0. The normalized spacial score (nSPS) is 12.3. The minimum Gasteiger partial charge on any atom is -0.492 e. The molecule has 0 atom stereocenters. The van der Waals surface area contributed by atoms with Gasteiger partial charge in [0.2, 0.25) is 10.0 Å². The third kappa shape index (κ3) is 4.56. The predicted molar refractivity (Wildman–Crippen MR) is 91.3 cm³/mol. The van der Waals surface area contributed by atoms with Crippen molar-refractivity contribution in [2.75, 3.05) is 26.5 Å². The number of sulfone groups is 1. The van der Waals surface area contributed by atoms with Crippen molar-refractivity contribution in [2.24, 2.45) is 0 Å². The molecule has 2 aromatic carbocycles. The molecule has 0 aliphatic rings. The van der Waals surface area contributed by atoms with Crippen molar-refractivity contribution in [3.63, 3.8) is 0 Å². The first-order chi connectivity index (χ1) is 11.2. The van der Waals surface area contributed by atoms with E-state index in [2.05, 4.69) is 0 Å². The molecule has 0 aliphatic carbocycles. The van der Waals surface area contributed by atoms with Crippen LogP contribution in [0.4, 0.5) is 0 Å². The molecule has 8 heteroatoms. The summed E-state index contributed by atoms with van der Waals surface area (Å²) >= 11 is 0. The van der Waals surface area contributed by atoms with Crippen molar-refractivity contribution < 1.29 is 21.6 Å². The van der Waals surface area contributed by atoms with Crippen LogP contribution in [0.2, 0.25) is 0 Å². The zero-order chi connectivity index (χ0) is 17.8. The molecule has 0 unspecified atom stereocenters. The second-order valence-corrected chi connectivity index (χ2v) is 9.30. The Balaban J connectivity index is 2.09. The van der Waals surface area contributed by atoms with Gasteiger partial charge in [0.1, 0.15) is 12.4 Å². The summed E-state index contributed by atoms with van der Waals surface area (Å²) in [5.74, 6) is 0.655. The molecular weight excluding hydrogens is 350 g/mol. The van der Waals surface area contributed by atoms with Gasteiger partial charge in [-0.3, -0.25) is 0 Å². The smallest absolute Gasteiger partial charge is 0.242 e. The second-order valence-electron chi connectivity index (χ2n) is 5.24. The molecule has 0 radical (unpaired) electrons. The van der Waals surface area contributed by atoms with E-state index in [1.165, 1.54) is 31.3 Å². The van der Waals surface area contributed by atoms with Gasteiger partial charge in [0.05, 0.1) is 9.79 Å². The predicted octanol–water partition coefficient (Wildman–Crippen LogP) is 1.79. The fraction of sp³-hybridized carbons (Fsp3) is 0.250. The molecule has 0 amide bonds. The minimum atomic E-state index is -3.79. The van der Waals surface area contributed by atoms with Crippen molar-refractivity contribution >= 4 is 19.9 Å². The molecule has 0 fully saturated rings. The summed E-state index contributed by atoms with van der Waals surface area (Å²) < 4.78 is 54.8. The van der Waals surface area contributed by atoms with Gasteiger partial charge < -0.3 is 4.74 Å². The Morgan fingerprint density at radius 1 is 0.917 bits per heavy atom. The largest absolute Gasteiger partial charge is 0.492 e. The molecule has 0 bridgehead atoms. The lowest BCUT2D eigenvalue weighted by Crippen LogP contribution is -2.31. The number of nitrogens with zero attached hydrogens (tertiary/aromatic N) is 1. The molecule has 0 aliphatic heterocycles. The van der Waals surface area contributed by atoms with Crippen LogP contribution in [0, 0.1) is 0 Å². The molecule has 6 nitrogen and oxygen atoms in total. The highest BCUT2D eigenvalue weighted by molar-refractivity contribution is 7.91. The second kappa shape index (κ2) is 7.33. The standard InChI is InChI=1S/C16H19NO5S2/c1-17(11-12-22-14-7-4-3-5-8-14)24(20,21)16-10-6-9-15(13-16)23(2,18)19/h3-10,13H,11-12H2,1-2H3. The lowest BCUT2D eigenvalue weighted by molar-refractivity contribution is 0.287. The number of hydrogen-bond acceptors (Lipinski definition) is 5. The van der Waals surface area contributed by atoms with Gasteiger partial charge in [-0.05, 0) is 30.3 Å². The van der Waals surface area contributed by atoms with Crippen molar-refractivity contribution in [3.8, 4) is 5.75 Å². The van der Waals surface area contributed by atoms with Crippen LogP contribution < -0.4 is 4.74 Å². The molecule has 0 aromatic heterocycles. The summed E-state index contributed by atoms with van der Waals surface area (Å²) in [6.07, 6.45) is 1.04. The quantitative estimate of drug-likeness (QED) is 0.743. The van der Waals surface area contributed by atoms with Crippen LogP contribution in [-0.2, 0) is 19.9 Å². The maximum absolute atomic E-state index is 12.5. The van der Waals surface area contributed by atoms with E-state index in [1.807, 2.05) is 18.2 Å². The summed E-state index contributed by atoms with van der Waals surface area (Å²) in [6, 6.07) is 14.4. The SMILES string of the molecule is CN(CCOc1ccccc1)S(=O)(=O)c1cccc(S(C)(=O)=O)c1. The van der Waals surface area contributed by atoms with E-state index in [1.54, 1.807) is 12.1 Å². The summed E-state index contributed by atoms with van der Waals surface area (Å²) in [5.41, 5.74) is 0. The topological polar surface area (TPSA) is 80.8 Å². The van der Waals surface area contributed by atoms with Gasteiger partial charge in [-0.15, -0.1) is 0 Å². The monoisotopic (exact) mass is 369 g/mol. The molecule has 0 saturated heterocycles. The molecule has 0 saturated carbocycles. The van der Waals surface area contributed by atoms with Crippen molar-refractivity contribution in [1.82, 2.24) is 4.31 Å². The summed E-state index contributed by atoms with van der Waals surface area (Å²) in [6.45, 7) is 0.325. The third-order valence-corrected chi connectivity index (χ3v) is 6.32. The number of benzene rings is 2. The first kappa shape index (κ1) is 18.4. The van der Waals surface area contributed by atoms with Crippen LogP contribution in [-0.4, -0.2) is 47.6 Å². The molecule has 130 valence electrons. The van der Waals surface area contributed by atoms with Crippen LogP contribution in [0.1, 0.15) is 0 Å². The van der Waals surface area contributed by atoms with Crippen LogP contribution in [0.5, 0.6) is 5.75 Å². The van der Waals surface area contributed by atoms with Gasteiger partial charge in [-0.25, -0.2) is 16.8 Å². The first-order valence-electron chi connectivity index (χ1n) is 7.15. The van der Waals surface area contributed by atoms with Gasteiger partial charge >= 0.3 is 0 Å². The Hall–Kier alpha value is -1.90. The minimum absolute atomic E-state index is 0.0301. The van der Waals surface area contributed by atoms with E-state index >= 15 is 0 Å². The highest BCUT2D eigenvalue weighted by atomic mass is 32.2. The van der Waals surface area contributed by atoms with Crippen molar-refractivity contribution in [1.29, 1.82) is 0 Å². The molecular formula is C16H19NO5S2. The van der Waals surface area contributed by atoms with Crippen LogP contribution in [0.25, 0.3) is 0 Å². The Morgan fingerprint density at radius 3 is 2.17 bits per heavy atom. The van der Waals surface area contributed by atoms with E-state index in [9.17, 15) is 16.8 Å². The van der Waals surface area contributed by atoms with Crippen LogP contribution >= 0.6 is 0 Å². The summed E-state index contributed by atoms with van der Waals surface area (Å²) in [4.78, 5) is -0.0925. The number of likely N-dealkylation sites (N-methyl/N-ethyl adjacent to an activating group) is 1. The Labute approximate surface area is 142 Å². The zero-order valence-electron chi connectivity index (χ0n) is 13.4. The number of sulfonamides is 1. The lowest BCUT2D eigenvalue weighted by Gasteiger charge is -2.18. The van der Waals surface area contributed by atoms with E-state index in [0.29, 0.717) is 5.75 Å². The van der Waals surface area contributed by atoms with Gasteiger partial charge in [0, 0.05) is 19.8 Å². The fourth-order valence-electron chi connectivity index (χ4n) is 1.97. The number of rotatable bonds is 7. The fourth-order valence-corrected chi connectivity index (χ4v) is 3.92. The van der Waals surface area contributed by atoms with Gasteiger partial charge in [0.25, 0.3) is 0 Å². The number of para-hydroxylation sites is 1. The molecule has 2 rings (SSSR count). The van der Waals surface area contributed by atoms with Gasteiger partial charge in [-0.2, -0.15) is 4.31 Å². The van der Waals surface area contributed by atoms with Crippen molar-refractivity contribution in [2.45, 2.75) is 9.79 Å². The molecule has 0 N–H and O–H groups in total. The maximum atomic E-state index is 12.5. The molecule has 0 spiro atoms. The number of ether oxygens (including phenoxy) is 1. The third-order valence-electron chi connectivity index (χ3n) is 3.36. The van der Waals surface area contributed by atoms with E-state index in [4.69, 9.17) is 4.74 Å². The molecule has 0 heterocycles. The first-order valence-corrected chi connectivity index (χ1v) is 10.5. The average molecular weight is 369 g/mol. The molecule has 24 heavy (non-hydrogen) atoms. The van der Waals surface area contributed by atoms with Gasteiger partial charge in [-0.1, -0.05) is 24.3 Å². The van der Waals surface area contributed by atoms with E-state index < -0.39 is 19.9 Å². The Bertz CT molecular complexity index is 893. The molecule has 2 aromatic rings. The maximum Gasteiger partial charge on any atom is 0.242 e. The Morgan fingerprint density at radius 2 is 1.54 bits per heavy atom. The highest BCUT2D eigenvalue weighted by Gasteiger charge is 2.22. The highest BCUT2D eigenvalue weighted by Crippen LogP contribution is 2.19. The van der Waals surface area contributed by atoms with Crippen molar-refractivity contribution in [3.05, 3.63) is 54.6 Å². The van der Waals surface area contributed by atoms with Gasteiger partial charge in [0.15, 0.2) is 9.84 Å². The van der Waals surface area contributed by atoms with Crippen LogP contribution in [0.15, 0.2) is 64.4 Å². The summed E-state index contributed by atoms with van der Waals surface area (Å²) in [7, 11) is -5.83.